The second-order valence-electron chi connectivity index (χ2n) is 9.52. The summed E-state index contributed by atoms with van der Waals surface area (Å²) in [5.74, 6) is 0.208. The number of halogens is 1. The Kier molecular flexibility index (Phi) is 11.7. The maximum atomic E-state index is 13.5. The second-order valence-corrected chi connectivity index (χ2v) is 13.3. The van der Waals surface area contributed by atoms with E-state index in [-0.39, 0.29) is 17.3 Å². The van der Waals surface area contributed by atoms with Crippen molar-refractivity contribution in [1.29, 1.82) is 0 Å². The Morgan fingerprint density at radius 1 is 0.600 bits per heavy atom. The summed E-state index contributed by atoms with van der Waals surface area (Å²) in [6.07, 6.45) is 0.292. The topological polar surface area (TPSA) is 72.8 Å². The summed E-state index contributed by atoms with van der Waals surface area (Å²) in [5, 5.41) is 4.03. The van der Waals surface area contributed by atoms with E-state index in [9.17, 15) is 14.4 Å². The van der Waals surface area contributed by atoms with Gasteiger partial charge in [-0.3, -0.25) is 9.59 Å². The van der Waals surface area contributed by atoms with Crippen LogP contribution >= 0.6 is 46.9 Å². The number of carbonyl (C=O) groups excluding carboxylic acids is 3. The van der Waals surface area contributed by atoms with E-state index >= 15 is 0 Å². The molecule has 0 unspecified atom stereocenters. The molecular formula is C36H26ClNO4S3. The van der Waals surface area contributed by atoms with E-state index < -0.39 is 5.30 Å². The highest BCUT2D eigenvalue weighted by Gasteiger charge is 2.17. The molecule has 224 valence electrons. The van der Waals surface area contributed by atoms with Crippen LogP contribution in [0.3, 0.4) is 0 Å². The zero-order valence-corrected chi connectivity index (χ0v) is 27.0. The standard InChI is InChI=1S/C36H26ClNO4S3/c37-28-15-21-29(22-16-28)43-24-23-33(38-42-36(41)45-30-9-5-2-6-10-30)35(40)27-13-19-32(20-14-27)44-31-17-11-26(12-18-31)34(39)25-7-3-1-4-8-25/h1-22H,23-24H2/b38-33+. The Morgan fingerprint density at radius 3 is 1.76 bits per heavy atom. The highest BCUT2D eigenvalue weighted by atomic mass is 35.5. The first-order chi connectivity index (χ1) is 21.9. The fraction of sp³-hybridized carbons (Fsp3) is 0.0556. The summed E-state index contributed by atoms with van der Waals surface area (Å²) >= 11 is 9.97. The summed E-state index contributed by atoms with van der Waals surface area (Å²) in [6.45, 7) is 0. The van der Waals surface area contributed by atoms with Crippen LogP contribution in [0.2, 0.25) is 5.02 Å². The molecule has 0 aliphatic rings. The van der Waals surface area contributed by atoms with Crippen molar-refractivity contribution in [3.8, 4) is 0 Å². The summed E-state index contributed by atoms with van der Waals surface area (Å²) in [4.78, 5) is 47.4. The number of Topliss-reactive ketones (excluding diaryl/α,β-unsaturated/α-hetero) is 1. The van der Waals surface area contributed by atoms with Gasteiger partial charge in [0.25, 0.3) is 0 Å². The molecule has 0 N–H and O–H groups in total. The molecule has 9 heteroatoms. The molecule has 0 aliphatic heterocycles. The van der Waals surface area contributed by atoms with Gasteiger partial charge in [-0.15, -0.1) is 11.8 Å². The van der Waals surface area contributed by atoms with Crippen LogP contribution in [0, 0.1) is 0 Å². The number of oxime groups is 1. The van der Waals surface area contributed by atoms with Crippen LogP contribution in [0.5, 0.6) is 0 Å². The third-order valence-corrected chi connectivity index (χ3v) is 9.39. The van der Waals surface area contributed by atoms with Crippen LogP contribution in [-0.2, 0) is 4.84 Å². The molecule has 5 aromatic carbocycles. The maximum Gasteiger partial charge on any atom is 0.398 e. The SMILES string of the molecule is O=C(O/N=C(\CCSc1ccc(Cl)cc1)C(=O)c1ccc(Sc2ccc(C(=O)c3ccccc3)cc2)cc1)Sc1ccccc1. The molecule has 0 bridgehead atoms. The van der Waals surface area contributed by atoms with Gasteiger partial charge in [0.1, 0.15) is 5.71 Å². The molecule has 0 radical (unpaired) electrons. The highest BCUT2D eigenvalue weighted by molar-refractivity contribution is 8.13. The largest absolute Gasteiger partial charge is 0.398 e. The number of benzene rings is 5. The van der Waals surface area contributed by atoms with Crippen molar-refractivity contribution < 1.29 is 19.2 Å². The minimum atomic E-state index is -0.625. The van der Waals surface area contributed by atoms with E-state index in [1.54, 1.807) is 48.2 Å². The zero-order chi connectivity index (χ0) is 31.4. The van der Waals surface area contributed by atoms with E-state index in [2.05, 4.69) is 5.16 Å². The predicted molar refractivity (Wildman–Crippen MR) is 184 cm³/mol. The first-order valence-electron chi connectivity index (χ1n) is 13.9. The first kappa shape index (κ1) is 32.3. The lowest BCUT2D eigenvalue weighted by molar-refractivity contribution is 0.103. The lowest BCUT2D eigenvalue weighted by Crippen LogP contribution is -2.16. The van der Waals surface area contributed by atoms with Crippen molar-refractivity contribution in [3.05, 3.63) is 155 Å². The summed E-state index contributed by atoms with van der Waals surface area (Å²) in [6, 6.07) is 40.4. The fourth-order valence-corrected chi connectivity index (χ4v) is 6.46. The van der Waals surface area contributed by atoms with E-state index in [1.165, 1.54) is 11.8 Å². The van der Waals surface area contributed by atoms with E-state index in [1.807, 2.05) is 97.1 Å². The third kappa shape index (κ3) is 9.70. The molecule has 0 aromatic heterocycles. The number of hydrogen-bond acceptors (Lipinski definition) is 8. The molecule has 0 amide bonds. The number of rotatable bonds is 12. The van der Waals surface area contributed by atoms with Crippen molar-refractivity contribution in [3.63, 3.8) is 0 Å². The quantitative estimate of drug-likeness (QED) is 0.0431. The van der Waals surface area contributed by atoms with Gasteiger partial charge in [0.15, 0.2) is 5.78 Å². The highest BCUT2D eigenvalue weighted by Crippen LogP contribution is 2.29. The molecular weight excluding hydrogens is 642 g/mol. The fourth-order valence-electron chi connectivity index (χ4n) is 4.10. The molecule has 45 heavy (non-hydrogen) atoms. The smallest absolute Gasteiger partial charge is 0.306 e. The van der Waals surface area contributed by atoms with Crippen molar-refractivity contribution in [2.75, 3.05) is 5.75 Å². The lowest BCUT2D eigenvalue weighted by atomic mass is 10.0. The van der Waals surface area contributed by atoms with Crippen LogP contribution < -0.4 is 0 Å². The molecule has 0 atom stereocenters. The molecule has 0 spiro atoms. The van der Waals surface area contributed by atoms with Crippen molar-refractivity contribution in [1.82, 2.24) is 0 Å². The van der Waals surface area contributed by atoms with Gasteiger partial charge in [-0.2, -0.15) is 0 Å². The Balaban J connectivity index is 1.24. The van der Waals surface area contributed by atoms with Crippen molar-refractivity contribution >= 4 is 69.5 Å². The number of ketones is 2. The first-order valence-corrected chi connectivity index (χ1v) is 16.9. The van der Waals surface area contributed by atoms with Crippen LogP contribution in [0.15, 0.2) is 158 Å². The maximum absolute atomic E-state index is 13.5. The van der Waals surface area contributed by atoms with Gasteiger partial charge >= 0.3 is 5.30 Å². The average molecular weight is 668 g/mol. The Labute approximate surface area is 279 Å². The van der Waals surface area contributed by atoms with Gasteiger partial charge < -0.3 is 4.84 Å². The van der Waals surface area contributed by atoms with Crippen LogP contribution in [0.1, 0.15) is 32.7 Å². The van der Waals surface area contributed by atoms with Gasteiger partial charge in [0, 0.05) is 53.5 Å². The Bertz CT molecular complexity index is 1780. The minimum absolute atomic E-state index is 0.0246. The van der Waals surface area contributed by atoms with Gasteiger partial charge in [-0.25, -0.2) is 4.79 Å². The van der Waals surface area contributed by atoms with Crippen LogP contribution in [0.25, 0.3) is 0 Å². The molecule has 0 fully saturated rings. The van der Waals surface area contributed by atoms with E-state index in [4.69, 9.17) is 16.4 Å². The van der Waals surface area contributed by atoms with Crippen molar-refractivity contribution in [2.45, 2.75) is 26.0 Å². The van der Waals surface area contributed by atoms with Gasteiger partial charge in [-0.05, 0) is 96.7 Å². The Hall–Kier alpha value is -4.08. The summed E-state index contributed by atoms with van der Waals surface area (Å²) in [7, 11) is 0. The van der Waals surface area contributed by atoms with E-state index in [0.29, 0.717) is 33.9 Å². The minimum Gasteiger partial charge on any atom is -0.306 e. The molecule has 0 aliphatic carbocycles. The predicted octanol–water partition coefficient (Wildman–Crippen LogP) is 10.4. The second kappa shape index (κ2) is 16.3. The van der Waals surface area contributed by atoms with Crippen molar-refractivity contribution in [2.24, 2.45) is 5.16 Å². The monoisotopic (exact) mass is 667 g/mol. The van der Waals surface area contributed by atoms with Gasteiger partial charge in [-0.1, -0.05) is 77.0 Å². The zero-order valence-electron chi connectivity index (χ0n) is 23.8. The molecule has 5 nitrogen and oxygen atoms in total. The van der Waals surface area contributed by atoms with E-state index in [0.717, 1.165) is 31.3 Å². The summed E-state index contributed by atoms with van der Waals surface area (Å²) in [5.41, 5.74) is 1.85. The Morgan fingerprint density at radius 2 is 1.13 bits per heavy atom. The molecule has 0 saturated carbocycles. The van der Waals surface area contributed by atoms with Crippen LogP contribution in [-0.4, -0.2) is 28.3 Å². The van der Waals surface area contributed by atoms with Gasteiger partial charge in [0.2, 0.25) is 5.78 Å². The number of nitrogens with zero attached hydrogens (tertiary/aromatic N) is 1. The van der Waals surface area contributed by atoms with Crippen LogP contribution in [0.4, 0.5) is 4.79 Å². The molecule has 5 rings (SSSR count). The molecule has 0 heterocycles. The third-order valence-electron chi connectivity index (χ3n) is 6.36. The average Bonchev–Trinajstić information content (AvgIpc) is 3.08. The lowest BCUT2D eigenvalue weighted by Gasteiger charge is -2.08. The van der Waals surface area contributed by atoms with Gasteiger partial charge in [0.05, 0.1) is 0 Å². The molecule has 0 saturated heterocycles. The number of carbonyl (C=O) groups is 3. The normalized spacial score (nSPS) is 11.2. The number of hydrogen-bond donors (Lipinski definition) is 0. The summed E-state index contributed by atoms with van der Waals surface area (Å²) < 4.78 is 0. The number of thioether (sulfide) groups is 2. The molecule has 5 aromatic rings.